The topological polar surface area (TPSA) is 68.8 Å². The van der Waals surface area contributed by atoms with Crippen LogP contribution in [0.15, 0.2) is 16.9 Å². The second-order valence-electron chi connectivity index (χ2n) is 4.77. The Morgan fingerprint density at radius 1 is 1.47 bits per heavy atom. The van der Waals surface area contributed by atoms with Crippen molar-refractivity contribution in [2.75, 3.05) is 6.54 Å². The molecule has 0 spiro atoms. The van der Waals surface area contributed by atoms with Crippen LogP contribution in [0.2, 0.25) is 0 Å². The first kappa shape index (κ1) is 13.7. The van der Waals surface area contributed by atoms with Crippen LogP contribution in [0.5, 0.6) is 0 Å². The molecule has 2 rings (SSSR count). The van der Waals surface area contributed by atoms with Gasteiger partial charge < -0.3 is 14.4 Å². The predicted octanol–water partition coefficient (Wildman–Crippen LogP) is 1.79. The van der Waals surface area contributed by atoms with Gasteiger partial charge in [-0.3, -0.25) is 0 Å². The van der Waals surface area contributed by atoms with Gasteiger partial charge in [0.25, 0.3) is 0 Å². The summed E-state index contributed by atoms with van der Waals surface area (Å²) in [6.07, 6.45) is 6.51. The summed E-state index contributed by atoms with van der Waals surface area (Å²) in [5, 5.41) is 7.41. The normalized spacial score (nSPS) is 12.8. The third-order valence-corrected chi connectivity index (χ3v) is 3.02. The largest absolute Gasteiger partial charge is 0.339 e. The van der Waals surface area contributed by atoms with Crippen LogP contribution >= 0.6 is 0 Å². The molecule has 0 aliphatic heterocycles. The molecule has 0 aliphatic carbocycles. The third kappa shape index (κ3) is 3.64. The number of hydrogen-bond donors (Lipinski definition) is 1. The molecule has 2 aromatic rings. The van der Waals surface area contributed by atoms with Gasteiger partial charge in [0.2, 0.25) is 11.7 Å². The highest BCUT2D eigenvalue weighted by molar-refractivity contribution is 5.42. The summed E-state index contributed by atoms with van der Waals surface area (Å²) in [5.41, 5.74) is 0. The fourth-order valence-corrected chi connectivity index (χ4v) is 1.86. The molecule has 0 bridgehead atoms. The number of aryl methyl sites for hydroxylation is 2. The molecule has 6 heteroatoms. The molecule has 1 atom stereocenters. The highest BCUT2D eigenvalue weighted by Crippen LogP contribution is 2.13. The summed E-state index contributed by atoms with van der Waals surface area (Å²) in [6, 6.07) is 0.462. The number of nitrogens with one attached hydrogen (secondary N) is 1. The van der Waals surface area contributed by atoms with E-state index < -0.39 is 0 Å². The van der Waals surface area contributed by atoms with Gasteiger partial charge in [0.15, 0.2) is 5.82 Å². The van der Waals surface area contributed by atoms with E-state index in [1.165, 1.54) is 0 Å². The lowest BCUT2D eigenvalue weighted by atomic mass is 10.2. The molecule has 1 N–H and O–H groups in total. The molecule has 0 radical (unpaired) electrons. The zero-order valence-corrected chi connectivity index (χ0v) is 11.8. The Balaban J connectivity index is 1.89. The van der Waals surface area contributed by atoms with Crippen molar-refractivity contribution in [2.24, 2.45) is 7.05 Å². The smallest absolute Gasteiger partial charge is 0.238 e. The number of hydrogen-bond acceptors (Lipinski definition) is 5. The lowest BCUT2D eigenvalue weighted by molar-refractivity contribution is 0.367. The monoisotopic (exact) mass is 263 g/mol. The Hall–Kier alpha value is -1.69. The van der Waals surface area contributed by atoms with Crippen molar-refractivity contribution >= 4 is 0 Å². The summed E-state index contributed by atoms with van der Waals surface area (Å²) < 4.78 is 7.13. The summed E-state index contributed by atoms with van der Waals surface area (Å²) in [4.78, 5) is 8.58. The molecule has 0 saturated carbocycles. The molecule has 0 aromatic carbocycles. The minimum atomic E-state index is 0.462. The molecule has 104 valence electrons. The van der Waals surface area contributed by atoms with Gasteiger partial charge >= 0.3 is 0 Å². The Kier molecular flexibility index (Phi) is 4.68. The standard InChI is InChI=1S/C13H21N5O/c1-4-7-14-10(2)5-6-11-16-12(17-19-11)13-15-8-9-18(13)3/h8-10,14H,4-7H2,1-3H3. The van der Waals surface area contributed by atoms with E-state index in [9.17, 15) is 0 Å². The Bertz CT molecular complexity index is 505. The lowest BCUT2D eigenvalue weighted by Gasteiger charge is -2.10. The average Bonchev–Trinajstić information content (AvgIpc) is 3.02. The number of nitrogens with zero attached hydrogens (tertiary/aromatic N) is 4. The van der Waals surface area contributed by atoms with Crippen LogP contribution in [-0.2, 0) is 13.5 Å². The third-order valence-electron chi connectivity index (χ3n) is 3.02. The number of aromatic nitrogens is 4. The molecule has 19 heavy (non-hydrogen) atoms. The maximum Gasteiger partial charge on any atom is 0.238 e. The van der Waals surface area contributed by atoms with Gasteiger partial charge in [0.05, 0.1) is 0 Å². The zero-order valence-electron chi connectivity index (χ0n) is 11.8. The van der Waals surface area contributed by atoms with E-state index in [-0.39, 0.29) is 0 Å². The average molecular weight is 263 g/mol. The van der Waals surface area contributed by atoms with E-state index in [2.05, 4.69) is 34.3 Å². The Labute approximate surface area is 113 Å². The van der Waals surface area contributed by atoms with E-state index in [1.54, 1.807) is 6.20 Å². The van der Waals surface area contributed by atoms with Crippen molar-refractivity contribution in [2.45, 2.75) is 39.2 Å². The molecule has 0 aliphatic rings. The van der Waals surface area contributed by atoms with Gasteiger partial charge in [0, 0.05) is 31.9 Å². The second-order valence-corrected chi connectivity index (χ2v) is 4.77. The van der Waals surface area contributed by atoms with Gasteiger partial charge in [-0.2, -0.15) is 4.98 Å². The van der Waals surface area contributed by atoms with Crippen molar-refractivity contribution in [3.8, 4) is 11.6 Å². The van der Waals surface area contributed by atoms with Crippen molar-refractivity contribution in [1.82, 2.24) is 25.0 Å². The summed E-state index contributed by atoms with van der Waals surface area (Å²) >= 11 is 0. The van der Waals surface area contributed by atoms with Crippen molar-refractivity contribution in [3.05, 3.63) is 18.3 Å². The fourth-order valence-electron chi connectivity index (χ4n) is 1.86. The predicted molar refractivity (Wildman–Crippen MR) is 72.6 cm³/mol. The van der Waals surface area contributed by atoms with Crippen molar-refractivity contribution in [3.63, 3.8) is 0 Å². The van der Waals surface area contributed by atoms with Crippen LogP contribution in [0.3, 0.4) is 0 Å². The highest BCUT2D eigenvalue weighted by atomic mass is 16.5. The van der Waals surface area contributed by atoms with Crippen molar-refractivity contribution in [1.29, 1.82) is 0 Å². The maximum absolute atomic E-state index is 5.26. The van der Waals surface area contributed by atoms with Gasteiger partial charge in [-0.05, 0) is 26.3 Å². The van der Waals surface area contributed by atoms with E-state index in [4.69, 9.17) is 4.52 Å². The Morgan fingerprint density at radius 3 is 3.00 bits per heavy atom. The van der Waals surface area contributed by atoms with E-state index in [1.807, 2.05) is 17.8 Å². The van der Waals surface area contributed by atoms with Gasteiger partial charge in [-0.15, -0.1) is 0 Å². The lowest BCUT2D eigenvalue weighted by Crippen LogP contribution is -2.27. The molecular formula is C13H21N5O. The molecular weight excluding hydrogens is 242 g/mol. The maximum atomic E-state index is 5.26. The first-order valence-electron chi connectivity index (χ1n) is 6.74. The van der Waals surface area contributed by atoms with E-state index in [0.717, 1.165) is 31.6 Å². The van der Waals surface area contributed by atoms with Crippen LogP contribution < -0.4 is 5.32 Å². The van der Waals surface area contributed by atoms with Gasteiger partial charge in [0.1, 0.15) is 0 Å². The molecule has 0 fully saturated rings. The first-order valence-corrected chi connectivity index (χ1v) is 6.74. The summed E-state index contributed by atoms with van der Waals surface area (Å²) in [5.74, 6) is 1.95. The minimum absolute atomic E-state index is 0.462. The van der Waals surface area contributed by atoms with Crippen LogP contribution in [-0.4, -0.2) is 32.3 Å². The van der Waals surface area contributed by atoms with Crippen LogP contribution in [0.1, 0.15) is 32.6 Å². The van der Waals surface area contributed by atoms with Crippen LogP contribution in [0.25, 0.3) is 11.6 Å². The first-order chi connectivity index (χ1) is 9.20. The molecule has 6 nitrogen and oxygen atoms in total. The molecule has 0 amide bonds. The zero-order chi connectivity index (χ0) is 13.7. The van der Waals surface area contributed by atoms with Crippen LogP contribution in [0.4, 0.5) is 0 Å². The van der Waals surface area contributed by atoms with Crippen molar-refractivity contribution < 1.29 is 4.52 Å². The number of imidazole rings is 1. The molecule has 2 aromatic heterocycles. The summed E-state index contributed by atoms with van der Waals surface area (Å²) in [6.45, 7) is 5.38. The van der Waals surface area contributed by atoms with E-state index in [0.29, 0.717) is 17.8 Å². The number of rotatable bonds is 7. The second kappa shape index (κ2) is 6.47. The SMILES string of the molecule is CCCNC(C)CCc1nc(-c2nccn2C)no1. The molecule has 0 saturated heterocycles. The highest BCUT2D eigenvalue weighted by Gasteiger charge is 2.13. The van der Waals surface area contributed by atoms with Crippen LogP contribution in [0, 0.1) is 0 Å². The molecule has 1 unspecified atom stereocenters. The van der Waals surface area contributed by atoms with E-state index >= 15 is 0 Å². The minimum Gasteiger partial charge on any atom is -0.339 e. The van der Waals surface area contributed by atoms with Gasteiger partial charge in [-0.25, -0.2) is 4.98 Å². The summed E-state index contributed by atoms with van der Waals surface area (Å²) in [7, 11) is 1.91. The van der Waals surface area contributed by atoms with Gasteiger partial charge in [-0.1, -0.05) is 12.1 Å². The Morgan fingerprint density at radius 2 is 2.32 bits per heavy atom. The quantitative estimate of drug-likeness (QED) is 0.824. The molecule has 2 heterocycles. The fraction of sp³-hybridized carbons (Fsp3) is 0.615.